The molecule has 1 aromatic carbocycles. The number of thiazole rings is 1. The summed E-state index contributed by atoms with van der Waals surface area (Å²) in [7, 11) is 1.80. The van der Waals surface area contributed by atoms with E-state index in [0.29, 0.717) is 20.6 Å². The van der Waals surface area contributed by atoms with E-state index >= 15 is 0 Å². The van der Waals surface area contributed by atoms with E-state index < -0.39 is 5.91 Å². The molecule has 1 aromatic heterocycles. The molecule has 106 valence electrons. The van der Waals surface area contributed by atoms with Gasteiger partial charge in [0.15, 0.2) is 11.4 Å². The highest BCUT2D eigenvalue weighted by Crippen LogP contribution is 2.33. The molecule has 0 radical (unpaired) electrons. The number of ether oxygens (including phenoxy) is 1. The zero-order chi connectivity index (χ0) is 14.7. The van der Waals surface area contributed by atoms with Crippen LogP contribution in [-0.2, 0) is 11.8 Å². The van der Waals surface area contributed by atoms with Crippen LogP contribution in [0.3, 0.4) is 0 Å². The summed E-state index contributed by atoms with van der Waals surface area (Å²) in [6, 6.07) is 2.92. The zero-order valence-corrected chi connectivity index (χ0v) is 13.4. The van der Waals surface area contributed by atoms with Crippen molar-refractivity contribution in [2.45, 2.75) is 0 Å². The molecule has 0 atom stereocenters. The molecule has 0 aliphatic heterocycles. The van der Waals surface area contributed by atoms with Gasteiger partial charge in [-0.3, -0.25) is 4.79 Å². The Bertz CT molecular complexity index is 709. The first-order valence-corrected chi connectivity index (χ1v) is 7.44. The number of hydrogen-bond acceptors (Lipinski definition) is 3. The van der Waals surface area contributed by atoms with E-state index in [1.54, 1.807) is 11.6 Å². The largest absolute Gasteiger partial charge is 0.482 e. The van der Waals surface area contributed by atoms with E-state index in [2.05, 4.69) is 4.99 Å². The number of aromatic nitrogens is 1. The molecule has 0 spiro atoms. The van der Waals surface area contributed by atoms with Crippen molar-refractivity contribution >= 4 is 52.0 Å². The highest BCUT2D eigenvalue weighted by Gasteiger charge is 2.09. The van der Waals surface area contributed by atoms with Crippen LogP contribution in [-0.4, -0.2) is 17.1 Å². The Balaban J connectivity index is 2.08. The lowest BCUT2D eigenvalue weighted by atomic mass is 10.3. The number of carbonyl (C=O) groups is 1. The maximum absolute atomic E-state index is 11.7. The Morgan fingerprint density at radius 2 is 2.00 bits per heavy atom. The summed E-state index contributed by atoms with van der Waals surface area (Å²) in [4.78, 5) is 16.2. The van der Waals surface area contributed by atoms with E-state index in [4.69, 9.17) is 39.5 Å². The van der Waals surface area contributed by atoms with Crippen molar-refractivity contribution < 1.29 is 9.53 Å². The first-order chi connectivity index (χ1) is 9.47. The molecule has 20 heavy (non-hydrogen) atoms. The van der Waals surface area contributed by atoms with Gasteiger partial charge >= 0.3 is 0 Å². The highest BCUT2D eigenvalue weighted by molar-refractivity contribution is 7.07. The predicted molar refractivity (Wildman–Crippen MR) is 80.8 cm³/mol. The molecular formula is C12H9Cl3N2O2S. The first-order valence-electron chi connectivity index (χ1n) is 5.42. The molecule has 1 heterocycles. The maximum Gasteiger partial charge on any atom is 0.286 e. The van der Waals surface area contributed by atoms with E-state index in [-0.39, 0.29) is 11.6 Å². The minimum absolute atomic E-state index is 0.227. The Hall–Kier alpha value is -1.01. The Morgan fingerprint density at radius 1 is 1.30 bits per heavy atom. The fourth-order valence-corrected chi connectivity index (χ4v) is 2.67. The van der Waals surface area contributed by atoms with Crippen LogP contribution in [0.2, 0.25) is 15.1 Å². The van der Waals surface area contributed by atoms with Crippen molar-refractivity contribution in [1.82, 2.24) is 4.57 Å². The van der Waals surface area contributed by atoms with Gasteiger partial charge in [0, 0.05) is 24.7 Å². The molecular weight excluding hydrogens is 343 g/mol. The fraction of sp³-hybridized carbons (Fsp3) is 0.167. The number of amides is 1. The lowest BCUT2D eigenvalue weighted by Crippen LogP contribution is -2.16. The molecule has 0 unspecified atom stereocenters. The van der Waals surface area contributed by atoms with Crippen LogP contribution in [0, 0.1) is 0 Å². The number of halogens is 3. The minimum Gasteiger partial charge on any atom is -0.482 e. The standard InChI is InChI=1S/C12H9Cl3N2O2S/c1-17-2-3-20-12(17)16-11(18)6-19-10-5-8(14)7(13)4-9(10)15/h2-5H,6H2,1H3. The second-order valence-electron chi connectivity index (χ2n) is 3.79. The van der Waals surface area contributed by atoms with Crippen molar-refractivity contribution in [2.75, 3.05) is 6.61 Å². The van der Waals surface area contributed by atoms with Crippen LogP contribution < -0.4 is 9.54 Å². The number of aryl methyl sites for hydroxylation is 1. The van der Waals surface area contributed by atoms with Crippen LogP contribution in [0.5, 0.6) is 5.75 Å². The summed E-state index contributed by atoms with van der Waals surface area (Å²) in [6.45, 7) is -0.227. The van der Waals surface area contributed by atoms with Gasteiger partial charge in [-0.05, 0) is 6.07 Å². The van der Waals surface area contributed by atoms with Gasteiger partial charge in [-0.1, -0.05) is 34.8 Å². The Labute approximate surface area is 134 Å². The average Bonchev–Trinajstić information content (AvgIpc) is 2.78. The summed E-state index contributed by atoms with van der Waals surface area (Å²) >= 11 is 19.0. The van der Waals surface area contributed by atoms with Crippen LogP contribution >= 0.6 is 46.1 Å². The Kier molecular flexibility index (Phi) is 5.10. The Morgan fingerprint density at radius 3 is 2.65 bits per heavy atom. The molecule has 4 nitrogen and oxygen atoms in total. The summed E-state index contributed by atoms with van der Waals surface area (Å²) in [6.07, 6.45) is 1.81. The monoisotopic (exact) mass is 350 g/mol. The molecule has 0 aliphatic rings. The molecule has 0 aliphatic carbocycles. The van der Waals surface area contributed by atoms with Gasteiger partial charge in [-0.25, -0.2) is 0 Å². The van der Waals surface area contributed by atoms with Gasteiger partial charge in [0.2, 0.25) is 0 Å². The van der Waals surface area contributed by atoms with Crippen molar-refractivity contribution in [3.05, 3.63) is 43.6 Å². The van der Waals surface area contributed by atoms with E-state index in [1.165, 1.54) is 23.5 Å². The smallest absolute Gasteiger partial charge is 0.286 e. The van der Waals surface area contributed by atoms with Gasteiger partial charge in [0.1, 0.15) is 5.75 Å². The SMILES string of the molecule is Cn1ccsc1=NC(=O)COc1cc(Cl)c(Cl)cc1Cl. The molecule has 1 amide bonds. The third-order valence-corrected chi connectivity index (χ3v) is 4.17. The number of hydrogen-bond donors (Lipinski definition) is 0. The van der Waals surface area contributed by atoms with Crippen molar-refractivity contribution in [1.29, 1.82) is 0 Å². The van der Waals surface area contributed by atoms with Gasteiger partial charge < -0.3 is 9.30 Å². The third-order valence-electron chi connectivity index (χ3n) is 2.31. The normalized spacial score (nSPS) is 11.7. The number of benzene rings is 1. The van der Waals surface area contributed by atoms with Crippen LogP contribution in [0.15, 0.2) is 28.7 Å². The average molecular weight is 352 g/mol. The molecule has 0 bridgehead atoms. The highest BCUT2D eigenvalue weighted by atomic mass is 35.5. The van der Waals surface area contributed by atoms with Gasteiger partial charge in [0.25, 0.3) is 5.91 Å². The van der Waals surface area contributed by atoms with Crippen LogP contribution in [0.1, 0.15) is 0 Å². The van der Waals surface area contributed by atoms with E-state index in [1.807, 2.05) is 11.6 Å². The zero-order valence-electron chi connectivity index (χ0n) is 10.3. The van der Waals surface area contributed by atoms with E-state index in [9.17, 15) is 4.79 Å². The minimum atomic E-state index is -0.412. The van der Waals surface area contributed by atoms with E-state index in [0.717, 1.165) is 0 Å². The van der Waals surface area contributed by atoms with Gasteiger partial charge in [-0.15, -0.1) is 11.3 Å². The maximum atomic E-state index is 11.7. The van der Waals surface area contributed by atoms with Gasteiger partial charge in [-0.2, -0.15) is 4.99 Å². The number of carbonyl (C=O) groups excluding carboxylic acids is 1. The quantitative estimate of drug-likeness (QED) is 0.794. The lowest BCUT2D eigenvalue weighted by molar-refractivity contribution is -0.120. The lowest BCUT2D eigenvalue weighted by Gasteiger charge is -2.07. The number of rotatable bonds is 3. The molecule has 0 N–H and O–H groups in total. The molecule has 8 heteroatoms. The van der Waals surface area contributed by atoms with Crippen LogP contribution in [0.25, 0.3) is 0 Å². The fourth-order valence-electron chi connectivity index (χ4n) is 1.33. The summed E-state index contributed by atoms with van der Waals surface area (Å²) in [5, 5.41) is 2.75. The number of nitrogens with zero attached hydrogens (tertiary/aromatic N) is 2. The van der Waals surface area contributed by atoms with Crippen molar-refractivity contribution in [2.24, 2.45) is 12.0 Å². The third kappa shape index (κ3) is 3.76. The topological polar surface area (TPSA) is 43.6 Å². The first kappa shape index (κ1) is 15.4. The van der Waals surface area contributed by atoms with Gasteiger partial charge in [0.05, 0.1) is 15.1 Å². The van der Waals surface area contributed by atoms with Crippen molar-refractivity contribution in [3.63, 3.8) is 0 Å². The molecule has 0 saturated heterocycles. The second kappa shape index (κ2) is 6.63. The molecule has 2 aromatic rings. The molecule has 0 saturated carbocycles. The predicted octanol–water partition coefficient (Wildman–Crippen LogP) is 3.55. The second-order valence-corrected chi connectivity index (χ2v) is 5.88. The summed E-state index contributed by atoms with van der Waals surface area (Å²) in [5.74, 6) is -0.120. The summed E-state index contributed by atoms with van der Waals surface area (Å²) < 4.78 is 7.04. The van der Waals surface area contributed by atoms with Crippen molar-refractivity contribution in [3.8, 4) is 5.75 Å². The van der Waals surface area contributed by atoms with Crippen LogP contribution in [0.4, 0.5) is 0 Å². The summed E-state index contributed by atoms with van der Waals surface area (Å²) in [5.41, 5.74) is 0. The molecule has 2 rings (SSSR count). The molecule has 0 fully saturated rings.